The van der Waals surface area contributed by atoms with Crippen LogP contribution in [-0.2, 0) is 9.59 Å². The van der Waals surface area contributed by atoms with Crippen molar-refractivity contribution in [3.05, 3.63) is 88.5 Å². The number of amides is 1. The fourth-order valence-corrected chi connectivity index (χ4v) is 4.11. The Morgan fingerprint density at radius 3 is 2.19 bits per heavy atom. The Bertz CT molecular complexity index is 1350. The maximum absolute atomic E-state index is 13.1. The van der Waals surface area contributed by atoms with Gasteiger partial charge in [-0.15, -0.1) is 13.2 Å². The zero-order valence-corrected chi connectivity index (χ0v) is 19.2. The third-order valence-electron chi connectivity index (χ3n) is 5.43. The Hall–Kier alpha value is -4.18. The minimum Gasteiger partial charge on any atom is -0.508 e. The zero-order valence-electron chi connectivity index (χ0n) is 18.4. The van der Waals surface area contributed by atoms with Gasteiger partial charge in [-0.05, 0) is 60.2 Å². The summed E-state index contributed by atoms with van der Waals surface area (Å²) in [6.07, 6.45) is -4.91. The lowest BCUT2D eigenvalue weighted by Crippen LogP contribution is -2.29. The van der Waals surface area contributed by atoms with Crippen molar-refractivity contribution in [1.29, 1.82) is 0 Å². The molecule has 1 unspecified atom stereocenters. The largest absolute Gasteiger partial charge is 0.573 e. The Labute approximate surface area is 207 Å². The van der Waals surface area contributed by atoms with E-state index < -0.39 is 35.6 Å². The molecule has 0 aliphatic carbocycles. The Balaban J connectivity index is 1.85. The number of carbonyl (C=O) groups excluding carboxylic acids is 2. The number of aliphatic hydroxyl groups is 1. The monoisotopic (exact) mass is 519 g/mol. The van der Waals surface area contributed by atoms with Crippen LogP contribution in [0, 0.1) is 0 Å². The van der Waals surface area contributed by atoms with Gasteiger partial charge in [0.05, 0.1) is 23.7 Å². The van der Waals surface area contributed by atoms with E-state index in [-0.39, 0.29) is 27.6 Å². The third kappa shape index (κ3) is 4.80. The third-order valence-corrected chi connectivity index (χ3v) is 5.72. The fraction of sp³-hybridized carbons (Fsp3) is 0.120. The number of hydrogen-bond donors (Lipinski definition) is 2. The van der Waals surface area contributed by atoms with Crippen LogP contribution in [0.4, 0.5) is 18.9 Å². The standard InChI is InChI=1S/C25H17ClF3NO6/c1-35-19-11-4-14(12-18(19)26)22(32)20-21(13-2-7-16(31)8-3-13)30(24(34)23(20)33)15-5-9-17(10-6-15)36-25(27,28)29/h2-12,21,31-32H,1H3/b22-20-. The number of benzene rings is 3. The number of halogens is 4. The smallest absolute Gasteiger partial charge is 0.508 e. The van der Waals surface area contributed by atoms with Crippen LogP contribution in [0.3, 0.4) is 0 Å². The van der Waals surface area contributed by atoms with Crippen LogP contribution in [0.25, 0.3) is 5.76 Å². The molecule has 3 aromatic carbocycles. The summed E-state index contributed by atoms with van der Waals surface area (Å²) in [6.45, 7) is 0. The summed E-state index contributed by atoms with van der Waals surface area (Å²) in [5.41, 5.74) is 0.291. The van der Waals surface area contributed by atoms with Crippen molar-refractivity contribution >= 4 is 34.7 Å². The van der Waals surface area contributed by atoms with E-state index in [4.69, 9.17) is 16.3 Å². The summed E-state index contributed by atoms with van der Waals surface area (Å²) in [7, 11) is 1.40. The topological polar surface area (TPSA) is 96.3 Å². The molecule has 1 heterocycles. The van der Waals surface area contributed by atoms with Crippen molar-refractivity contribution in [2.75, 3.05) is 12.0 Å². The molecule has 2 N–H and O–H groups in total. The molecule has 0 saturated carbocycles. The number of alkyl halides is 3. The van der Waals surface area contributed by atoms with Gasteiger partial charge in [0.15, 0.2) is 0 Å². The predicted molar refractivity (Wildman–Crippen MR) is 124 cm³/mol. The van der Waals surface area contributed by atoms with Gasteiger partial charge in [-0.2, -0.15) is 0 Å². The van der Waals surface area contributed by atoms with Gasteiger partial charge < -0.3 is 19.7 Å². The van der Waals surface area contributed by atoms with E-state index in [9.17, 15) is 33.0 Å². The molecule has 11 heteroatoms. The number of aliphatic hydroxyl groups excluding tert-OH is 1. The predicted octanol–water partition coefficient (Wildman–Crippen LogP) is 5.58. The number of carbonyl (C=O) groups is 2. The van der Waals surface area contributed by atoms with Crippen LogP contribution in [-0.4, -0.2) is 35.4 Å². The molecule has 1 fully saturated rings. The molecule has 4 rings (SSSR count). The second-order valence-corrected chi connectivity index (χ2v) is 8.06. The van der Waals surface area contributed by atoms with Crippen molar-refractivity contribution in [2.45, 2.75) is 12.4 Å². The number of anilines is 1. The molecule has 3 aromatic rings. The van der Waals surface area contributed by atoms with Gasteiger partial charge >= 0.3 is 6.36 Å². The first-order chi connectivity index (χ1) is 17.0. The number of ether oxygens (including phenoxy) is 2. The van der Waals surface area contributed by atoms with E-state index in [0.717, 1.165) is 17.0 Å². The van der Waals surface area contributed by atoms with Gasteiger partial charge in [-0.1, -0.05) is 23.7 Å². The van der Waals surface area contributed by atoms with Crippen LogP contribution >= 0.6 is 11.6 Å². The lowest BCUT2D eigenvalue weighted by molar-refractivity contribution is -0.274. The van der Waals surface area contributed by atoms with E-state index in [2.05, 4.69) is 4.74 Å². The number of ketones is 1. The Morgan fingerprint density at radius 2 is 1.64 bits per heavy atom. The van der Waals surface area contributed by atoms with Crippen molar-refractivity contribution in [3.63, 3.8) is 0 Å². The van der Waals surface area contributed by atoms with Crippen LogP contribution in [0.2, 0.25) is 5.02 Å². The highest BCUT2D eigenvalue weighted by Gasteiger charge is 2.47. The second-order valence-electron chi connectivity index (χ2n) is 7.65. The molecule has 7 nitrogen and oxygen atoms in total. The zero-order chi connectivity index (χ0) is 26.2. The number of phenols is 1. The maximum atomic E-state index is 13.1. The first-order valence-electron chi connectivity index (χ1n) is 10.3. The molecule has 1 aliphatic rings. The normalized spacial score (nSPS) is 17.4. The molecule has 0 aromatic heterocycles. The second kappa shape index (κ2) is 9.46. The van der Waals surface area contributed by atoms with Crippen LogP contribution in [0.15, 0.2) is 72.3 Å². The molecule has 1 amide bonds. The minimum absolute atomic E-state index is 0.0775. The maximum Gasteiger partial charge on any atom is 0.573 e. The molecule has 1 atom stereocenters. The van der Waals surface area contributed by atoms with Crippen molar-refractivity contribution in [1.82, 2.24) is 0 Å². The van der Waals surface area contributed by atoms with E-state index in [1.807, 2.05) is 0 Å². The van der Waals surface area contributed by atoms with Crippen molar-refractivity contribution < 1.29 is 42.4 Å². The molecule has 0 bridgehead atoms. The van der Waals surface area contributed by atoms with Gasteiger partial charge in [0.25, 0.3) is 11.7 Å². The number of methoxy groups -OCH3 is 1. The first kappa shape index (κ1) is 24.9. The highest BCUT2D eigenvalue weighted by Crippen LogP contribution is 2.43. The Kier molecular flexibility index (Phi) is 6.55. The van der Waals surface area contributed by atoms with Gasteiger partial charge in [-0.3, -0.25) is 14.5 Å². The first-order valence-corrected chi connectivity index (χ1v) is 10.7. The number of rotatable bonds is 5. The molecule has 186 valence electrons. The lowest BCUT2D eigenvalue weighted by Gasteiger charge is -2.25. The van der Waals surface area contributed by atoms with E-state index in [1.54, 1.807) is 0 Å². The van der Waals surface area contributed by atoms with Crippen LogP contribution in [0.5, 0.6) is 17.2 Å². The van der Waals surface area contributed by atoms with E-state index in [0.29, 0.717) is 11.3 Å². The molecule has 36 heavy (non-hydrogen) atoms. The highest BCUT2D eigenvalue weighted by molar-refractivity contribution is 6.51. The van der Waals surface area contributed by atoms with Gasteiger partial charge in [-0.25, -0.2) is 0 Å². The molecule has 0 spiro atoms. The summed E-state index contributed by atoms with van der Waals surface area (Å²) in [6, 6.07) is 13.1. The van der Waals surface area contributed by atoms with Gasteiger partial charge in [0.2, 0.25) is 0 Å². The summed E-state index contributed by atoms with van der Waals surface area (Å²) >= 11 is 6.16. The highest BCUT2D eigenvalue weighted by atomic mass is 35.5. The molecular weight excluding hydrogens is 503 g/mol. The summed E-state index contributed by atoms with van der Waals surface area (Å²) in [4.78, 5) is 27.3. The van der Waals surface area contributed by atoms with E-state index in [1.165, 1.54) is 61.7 Å². The van der Waals surface area contributed by atoms with Gasteiger partial charge in [0.1, 0.15) is 23.0 Å². The molecule has 0 radical (unpaired) electrons. The van der Waals surface area contributed by atoms with Gasteiger partial charge in [0, 0.05) is 11.3 Å². The number of nitrogens with zero attached hydrogens (tertiary/aromatic N) is 1. The van der Waals surface area contributed by atoms with Crippen molar-refractivity contribution in [3.8, 4) is 17.2 Å². The van der Waals surface area contributed by atoms with Crippen molar-refractivity contribution in [2.24, 2.45) is 0 Å². The Morgan fingerprint density at radius 1 is 1.00 bits per heavy atom. The number of aromatic hydroxyl groups is 1. The quantitative estimate of drug-likeness (QED) is 0.259. The lowest BCUT2D eigenvalue weighted by atomic mass is 9.95. The average Bonchev–Trinajstić information content (AvgIpc) is 3.09. The minimum atomic E-state index is -4.91. The fourth-order valence-electron chi connectivity index (χ4n) is 3.85. The number of Topliss-reactive ketones (excluding diaryl/α,β-unsaturated/α-hetero) is 1. The number of hydrogen-bond acceptors (Lipinski definition) is 6. The number of phenolic OH excluding ortho intramolecular Hbond substituents is 1. The summed E-state index contributed by atoms with van der Waals surface area (Å²) < 4.78 is 46.6. The van der Waals surface area contributed by atoms with Crippen LogP contribution in [0.1, 0.15) is 17.2 Å². The van der Waals surface area contributed by atoms with E-state index >= 15 is 0 Å². The SMILES string of the molecule is COc1ccc(/C(O)=C2/C(=O)C(=O)N(c3ccc(OC(F)(F)F)cc3)C2c2ccc(O)cc2)cc1Cl. The summed E-state index contributed by atoms with van der Waals surface area (Å²) in [5.74, 6) is -2.82. The van der Waals surface area contributed by atoms with Crippen LogP contribution < -0.4 is 14.4 Å². The molecular formula is C25H17ClF3NO6. The average molecular weight is 520 g/mol. The summed E-state index contributed by atoms with van der Waals surface area (Å²) in [5, 5.41) is 21.0. The molecule has 1 saturated heterocycles. The molecule has 1 aliphatic heterocycles.